The average molecular weight is 479 g/mol. The first kappa shape index (κ1) is 22.7. The van der Waals surface area contributed by atoms with Gasteiger partial charge in [-0.05, 0) is 77.5 Å². The maximum atomic E-state index is 12.3. The summed E-state index contributed by atoms with van der Waals surface area (Å²) in [6, 6.07) is 4.17. The number of carbonyl (C=O) groups is 1. The molecule has 9 heteroatoms. The largest absolute Gasteiger partial charge is 0.444 e. The number of rotatable bonds is 3. The fourth-order valence-corrected chi connectivity index (χ4v) is 5.48. The number of likely N-dealkylation sites (tertiary alicyclic amines) is 1. The number of aromatic nitrogens is 5. The lowest BCUT2D eigenvalue weighted by Gasteiger charge is -2.33. The Balaban J connectivity index is 1.28. The molecule has 1 aliphatic rings. The van der Waals surface area contributed by atoms with Crippen LogP contribution in [0.1, 0.15) is 49.7 Å². The van der Waals surface area contributed by atoms with E-state index in [0.29, 0.717) is 5.92 Å². The van der Waals surface area contributed by atoms with Crippen molar-refractivity contribution < 1.29 is 9.53 Å². The van der Waals surface area contributed by atoms with Gasteiger partial charge in [0.05, 0.1) is 18.1 Å². The third-order valence-electron chi connectivity index (χ3n) is 6.04. The second-order valence-corrected chi connectivity index (χ2v) is 11.3. The number of amides is 1. The highest BCUT2D eigenvalue weighted by atomic mass is 32.1. The summed E-state index contributed by atoms with van der Waals surface area (Å²) >= 11 is 1.70. The van der Waals surface area contributed by atoms with E-state index in [9.17, 15) is 4.79 Å². The summed E-state index contributed by atoms with van der Waals surface area (Å²) in [5.41, 5.74) is 4.89. The van der Waals surface area contributed by atoms with Crippen molar-refractivity contribution in [1.82, 2.24) is 29.5 Å². The number of aryl methyl sites for hydroxylation is 2. The first-order chi connectivity index (χ1) is 16.1. The van der Waals surface area contributed by atoms with E-state index in [1.54, 1.807) is 17.5 Å². The summed E-state index contributed by atoms with van der Waals surface area (Å²) in [5.74, 6) is 0.544. The molecule has 5 rings (SSSR count). The van der Waals surface area contributed by atoms with Crippen molar-refractivity contribution in [2.45, 2.75) is 59.5 Å². The van der Waals surface area contributed by atoms with Gasteiger partial charge in [-0.1, -0.05) is 0 Å². The second kappa shape index (κ2) is 8.61. The molecule has 1 aliphatic heterocycles. The molecule has 1 fully saturated rings. The normalized spacial score (nSPS) is 15.4. The zero-order valence-corrected chi connectivity index (χ0v) is 21.1. The van der Waals surface area contributed by atoms with Gasteiger partial charge in [-0.2, -0.15) is 5.10 Å². The van der Waals surface area contributed by atoms with Gasteiger partial charge in [-0.3, -0.25) is 4.98 Å². The monoisotopic (exact) mass is 478 g/mol. The third-order valence-corrected chi connectivity index (χ3v) is 7.08. The van der Waals surface area contributed by atoms with Gasteiger partial charge in [-0.25, -0.2) is 19.3 Å². The van der Waals surface area contributed by atoms with Gasteiger partial charge in [0.25, 0.3) is 0 Å². The van der Waals surface area contributed by atoms with E-state index >= 15 is 0 Å². The van der Waals surface area contributed by atoms with E-state index < -0.39 is 5.60 Å². The summed E-state index contributed by atoms with van der Waals surface area (Å²) in [6.45, 7) is 11.2. The average Bonchev–Trinajstić information content (AvgIpc) is 3.34. The first-order valence-electron chi connectivity index (χ1n) is 11.7. The lowest BCUT2D eigenvalue weighted by Crippen LogP contribution is -2.42. The number of hydrogen-bond acceptors (Lipinski definition) is 7. The number of fused-ring (bicyclic) bond motifs is 2. The molecule has 5 heterocycles. The highest BCUT2D eigenvalue weighted by molar-refractivity contribution is 7.18. The number of piperidine rings is 1. The van der Waals surface area contributed by atoms with Crippen LogP contribution in [0.15, 0.2) is 24.5 Å². The number of carbonyl (C=O) groups excluding carboxylic acids is 1. The lowest BCUT2D eigenvalue weighted by molar-refractivity contribution is 0.0184. The Hall–Kier alpha value is -3.07. The van der Waals surface area contributed by atoms with Crippen LogP contribution in [0, 0.1) is 19.8 Å². The van der Waals surface area contributed by atoms with E-state index in [1.165, 1.54) is 4.88 Å². The highest BCUT2D eigenvalue weighted by Gasteiger charge is 2.27. The Morgan fingerprint density at radius 2 is 1.91 bits per heavy atom. The van der Waals surface area contributed by atoms with Gasteiger partial charge >= 0.3 is 6.09 Å². The number of nitrogens with zero attached hydrogens (tertiary/aromatic N) is 6. The first-order valence-corrected chi connectivity index (χ1v) is 12.5. The number of ether oxygens (including phenoxy) is 1. The maximum absolute atomic E-state index is 12.3. The molecule has 0 saturated carbocycles. The zero-order chi connectivity index (χ0) is 24.0. The smallest absolute Gasteiger partial charge is 0.410 e. The van der Waals surface area contributed by atoms with Crippen molar-refractivity contribution in [2.75, 3.05) is 13.1 Å². The summed E-state index contributed by atoms with van der Waals surface area (Å²) in [6.07, 6.45) is 6.46. The summed E-state index contributed by atoms with van der Waals surface area (Å²) in [5, 5.41) is 4.69. The second-order valence-electron chi connectivity index (χ2n) is 10.1. The zero-order valence-electron chi connectivity index (χ0n) is 20.3. The molecule has 1 saturated heterocycles. The molecule has 0 aromatic carbocycles. The fraction of sp³-hybridized carbons (Fsp3) is 0.480. The Morgan fingerprint density at radius 1 is 1.15 bits per heavy atom. The molecule has 0 atom stereocenters. The van der Waals surface area contributed by atoms with E-state index in [4.69, 9.17) is 14.8 Å². The number of thiophene rings is 1. The number of hydrogen-bond donors (Lipinski definition) is 0. The van der Waals surface area contributed by atoms with Crippen molar-refractivity contribution in [3.05, 3.63) is 40.7 Å². The summed E-state index contributed by atoms with van der Waals surface area (Å²) in [4.78, 5) is 30.4. The molecule has 0 spiro atoms. The summed E-state index contributed by atoms with van der Waals surface area (Å²) in [7, 11) is 0. The minimum absolute atomic E-state index is 0.207. The predicted octanol–water partition coefficient (Wildman–Crippen LogP) is 5.21. The van der Waals surface area contributed by atoms with Crippen LogP contribution < -0.4 is 0 Å². The van der Waals surface area contributed by atoms with Crippen LogP contribution >= 0.6 is 11.3 Å². The molecule has 8 nitrogen and oxygen atoms in total. The van der Waals surface area contributed by atoms with Crippen LogP contribution in [0.25, 0.3) is 27.4 Å². The molecule has 178 valence electrons. The topological polar surface area (TPSA) is 85.5 Å². The molecule has 0 N–H and O–H groups in total. The van der Waals surface area contributed by atoms with Crippen molar-refractivity contribution >= 4 is 33.4 Å². The van der Waals surface area contributed by atoms with Crippen LogP contribution in [0.2, 0.25) is 0 Å². The Bertz CT molecular complexity index is 1360. The standard InChI is InChI=1S/C25H30N6O2S/c1-15-10-19(29-31-14-16(2)27-22(15)31)21-13-26-20-12-18(34-23(20)28-21)11-17-6-8-30(9-7-17)24(32)33-25(3,4)5/h10,12-14,17H,6-9,11H2,1-5H3. The molecule has 0 unspecified atom stereocenters. The van der Waals surface area contributed by atoms with E-state index in [0.717, 1.165) is 71.0 Å². The van der Waals surface area contributed by atoms with Crippen molar-refractivity contribution in [1.29, 1.82) is 0 Å². The third kappa shape index (κ3) is 4.75. The Morgan fingerprint density at radius 3 is 2.65 bits per heavy atom. The van der Waals surface area contributed by atoms with Crippen molar-refractivity contribution in [3.63, 3.8) is 0 Å². The van der Waals surface area contributed by atoms with Crippen LogP contribution in [0.3, 0.4) is 0 Å². The van der Waals surface area contributed by atoms with Gasteiger partial charge in [0.1, 0.15) is 27.3 Å². The summed E-state index contributed by atoms with van der Waals surface area (Å²) < 4.78 is 7.33. The molecule has 4 aromatic rings. The van der Waals surface area contributed by atoms with Gasteiger partial charge in [0, 0.05) is 18.0 Å². The molecular formula is C25H30N6O2S. The molecular weight excluding hydrogens is 448 g/mol. The fourth-order valence-electron chi connectivity index (χ4n) is 4.39. The van der Waals surface area contributed by atoms with Gasteiger partial charge in [0.15, 0.2) is 5.65 Å². The lowest BCUT2D eigenvalue weighted by atomic mass is 9.93. The Kier molecular flexibility index (Phi) is 5.75. The Labute approximate surface area is 203 Å². The quantitative estimate of drug-likeness (QED) is 0.402. The van der Waals surface area contributed by atoms with Crippen LogP contribution in [0.5, 0.6) is 0 Å². The SMILES string of the molecule is Cc1cn2nc(-c3cnc4cc(CC5CCN(C(=O)OC(C)(C)C)CC5)sc4n3)cc(C)c2n1. The molecule has 0 bridgehead atoms. The molecule has 0 radical (unpaired) electrons. The van der Waals surface area contributed by atoms with Crippen molar-refractivity contribution in [3.8, 4) is 11.4 Å². The predicted molar refractivity (Wildman–Crippen MR) is 133 cm³/mol. The minimum atomic E-state index is -0.457. The number of imidazole rings is 1. The molecule has 4 aromatic heterocycles. The van der Waals surface area contributed by atoms with Gasteiger partial charge in [-0.15, -0.1) is 11.3 Å². The highest BCUT2D eigenvalue weighted by Crippen LogP contribution is 2.30. The van der Waals surface area contributed by atoms with Gasteiger partial charge < -0.3 is 9.64 Å². The van der Waals surface area contributed by atoms with Crippen molar-refractivity contribution in [2.24, 2.45) is 5.92 Å². The maximum Gasteiger partial charge on any atom is 0.410 e. The minimum Gasteiger partial charge on any atom is -0.444 e. The van der Waals surface area contributed by atoms with E-state index in [-0.39, 0.29) is 6.09 Å². The molecule has 0 aliphatic carbocycles. The van der Waals surface area contributed by atoms with E-state index in [2.05, 4.69) is 16.0 Å². The molecule has 1 amide bonds. The molecule has 34 heavy (non-hydrogen) atoms. The van der Waals surface area contributed by atoms with Crippen LogP contribution in [0.4, 0.5) is 4.79 Å². The van der Waals surface area contributed by atoms with E-state index in [1.807, 2.05) is 56.3 Å². The van der Waals surface area contributed by atoms with Gasteiger partial charge in [0.2, 0.25) is 0 Å². The van der Waals surface area contributed by atoms with Crippen LogP contribution in [-0.4, -0.2) is 54.2 Å². The van der Waals surface area contributed by atoms with Crippen LogP contribution in [-0.2, 0) is 11.2 Å².